The van der Waals surface area contributed by atoms with Gasteiger partial charge in [-0.2, -0.15) is 0 Å². The fourth-order valence-electron chi connectivity index (χ4n) is 0. The molecule has 0 bridgehead atoms. The molecule has 0 nitrogen and oxygen atoms in total. The molecule has 0 aromatic heterocycles. The maximum atomic E-state index is 0. The van der Waals surface area contributed by atoms with Crippen molar-refractivity contribution in [2.75, 3.05) is 0 Å². The van der Waals surface area contributed by atoms with Gasteiger partial charge in [0.1, 0.15) is 0 Å². The Morgan fingerprint density at radius 1 is 0.0300 bits per heavy atom. The first-order valence-corrected chi connectivity index (χ1v) is 0. The Morgan fingerprint density at radius 2 is 0.0300 bits per heavy atom. The number of hydrogen-bond acceptors (Lipinski definition) is 0. The van der Waals surface area contributed by atoms with Gasteiger partial charge in [-0.15, -0.1) is 993 Å². The van der Waals surface area contributed by atoms with Crippen LogP contribution in [0.4, 0.5) is 0 Å². The van der Waals surface area contributed by atoms with Gasteiger partial charge in [-0.3, -0.25) is 0 Å². The zero-order valence-corrected chi connectivity index (χ0v) is 127. The molecule has 820 valence electrons. The summed E-state index contributed by atoms with van der Waals surface area (Å²) in [6, 6.07) is 0. The van der Waals surface area contributed by atoms with E-state index in [1.807, 2.05) is 0 Å². The fraction of sp³-hybridized carbons (Fsp3) is 0. The Hall–Kier alpha value is 33.5. The summed E-state index contributed by atoms with van der Waals surface area (Å²) in [5, 5.41) is 0. The van der Waals surface area contributed by atoms with Crippen molar-refractivity contribution in [2.24, 2.45) is 0 Å². The Kier molecular flexibility index (Phi) is 42600. The van der Waals surface area contributed by atoms with E-state index < -0.39 is 0 Å². The van der Waals surface area contributed by atoms with Gasteiger partial charge in [0.15, 0.2) is 0 Å². The van der Waals surface area contributed by atoms with Gasteiger partial charge in [-0.05, 0) is 0 Å². The molecule has 0 aliphatic carbocycles. The van der Waals surface area contributed by atoms with Crippen molar-refractivity contribution in [3.05, 3.63) is 0 Å². The van der Waals surface area contributed by atoms with Crippen LogP contribution in [0.3, 0.4) is 0 Å². The van der Waals surface area contributed by atoms with Gasteiger partial charge < -0.3 is 124 Å². The van der Waals surface area contributed by atoms with Crippen molar-refractivity contribution in [2.45, 2.75) is 0 Å². The van der Waals surface area contributed by atoms with E-state index in [1.54, 1.807) is 0 Å². The third-order valence-electron chi connectivity index (χ3n) is 0. The van der Waals surface area contributed by atoms with E-state index in [1.165, 1.54) is 0 Å². The Balaban J connectivity index is 0. The molecule has 0 rings (SSSR count). The summed E-state index contributed by atoms with van der Waals surface area (Å²) in [5.41, 5.74) is 0. The molecular formula is H80Ag10Cl90. The summed E-state index contributed by atoms with van der Waals surface area (Å²) >= 11 is 0. The molecule has 100 heavy (non-hydrogen) atoms. The average Bonchev–Trinajstić information content (AvgIpc) is 0. The first kappa shape index (κ1) is 2090. The van der Waals surface area contributed by atoms with Crippen molar-refractivity contribution in [1.82, 2.24) is 0 Å². The van der Waals surface area contributed by atoms with Gasteiger partial charge in [0.05, 0.1) is 0 Å². The summed E-state index contributed by atoms with van der Waals surface area (Å²) in [6.07, 6.45) is 0. The Morgan fingerprint density at radius 3 is 0.0300 bits per heavy atom. The van der Waals surface area contributed by atoms with Crippen LogP contribution in [0, 0.1) is 0 Å². The summed E-state index contributed by atoms with van der Waals surface area (Å²) < 4.78 is 0. The molecule has 0 aromatic carbocycles. The van der Waals surface area contributed by atoms with E-state index in [4.69, 9.17) is 0 Å². The molecule has 0 amide bonds. The third kappa shape index (κ3) is 2000. The molecule has 0 aliphatic rings. The largest absolute Gasteiger partial charge is 1.00 e. The van der Waals surface area contributed by atoms with Gasteiger partial charge in [0, 0.05) is 0 Å². The van der Waals surface area contributed by atoms with Crippen LogP contribution in [-0.2, 0) is 224 Å². The quantitative estimate of drug-likeness (QED) is 0.325. The summed E-state index contributed by atoms with van der Waals surface area (Å²) in [4.78, 5) is 0. The number of hydrogen-bond donors (Lipinski definition) is 0. The van der Waals surface area contributed by atoms with E-state index in [-0.39, 0.29) is 1340 Å². The second-order valence-electron chi connectivity index (χ2n) is 0. The minimum absolute atomic E-state index is 0. The van der Waals surface area contributed by atoms with Gasteiger partial charge >= 0.3 is 224 Å². The molecule has 0 saturated carbocycles. The topological polar surface area (TPSA) is 0 Å². The summed E-state index contributed by atoms with van der Waals surface area (Å²) in [7, 11) is 0. The second kappa shape index (κ2) is 2040. The van der Waals surface area contributed by atoms with Crippen molar-refractivity contribution in [3.8, 4) is 0 Å². The van der Waals surface area contributed by atoms with Crippen molar-refractivity contribution >= 4 is 993 Å². The van der Waals surface area contributed by atoms with Gasteiger partial charge in [0.25, 0.3) is 0 Å². The standard InChI is InChI=1S/10Ag.90ClH/h;;;;;;;;;;90*1H/q10*+1;;;;;;;;;;;;;;;;;;;;;;;;;;;;;;;;;;;;;;;;;;;;;;;;;;;;;;;;;;;;;;;;;;;;;;;;;;;;;;;;;;;;;;;;;;/p-10. The third-order valence-corrected chi connectivity index (χ3v) is 0. The van der Waals surface area contributed by atoms with E-state index in [9.17, 15) is 0 Å². The molecule has 0 radical (unpaired) electrons. The van der Waals surface area contributed by atoms with Crippen molar-refractivity contribution < 1.29 is 348 Å². The van der Waals surface area contributed by atoms with Crippen LogP contribution in [-0.4, -0.2) is 0 Å². The normalized spacial score (nSPS) is 0. The molecule has 0 aliphatic heterocycles. The zero-order valence-electron chi connectivity index (χ0n) is 39.5. The molecular weight excluding hydrogens is 4270 g/mol. The first-order valence-electron chi connectivity index (χ1n) is 0. The minimum Gasteiger partial charge on any atom is -1.00 e. The van der Waals surface area contributed by atoms with E-state index in [2.05, 4.69) is 0 Å². The van der Waals surface area contributed by atoms with Crippen LogP contribution in [0.25, 0.3) is 0 Å². The van der Waals surface area contributed by atoms with Crippen LogP contribution in [0.15, 0.2) is 0 Å². The van der Waals surface area contributed by atoms with E-state index in [0.717, 1.165) is 0 Å². The van der Waals surface area contributed by atoms with Crippen LogP contribution < -0.4 is 124 Å². The van der Waals surface area contributed by atoms with Crippen LogP contribution in [0.1, 0.15) is 0 Å². The maximum absolute atomic E-state index is 0. The predicted molar refractivity (Wildman–Crippen MR) is 580 cm³/mol. The molecule has 0 heterocycles. The maximum Gasteiger partial charge on any atom is 1.00 e. The predicted octanol–water partition coefficient (Wildman–Crippen LogP) is 3.76. The molecule has 0 spiro atoms. The van der Waals surface area contributed by atoms with Crippen molar-refractivity contribution in [3.63, 3.8) is 0 Å². The zero-order chi connectivity index (χ0) is 0. The average molecular weight is 4350 g/mol. The molecule has 0 saturated heterocycles. The first-order chi connectivity index (χ1) is 0. The van der Waals surface area contributed by atoms with Gasteiger partial charge in [0.2, 0.25) is 0 Å². The smallest absolute Gasteiger partial charge is 1.00 e. The number of halogens is 90. The molecule has 0 atom stereocenters. The molecule has 0 unspecified atom stereocenters. The monoisotopic (exact) mass is 4300 g/mol. The second-order valence-corrected chi connectivity index (χ2v) is 0. The van der Waals surface area contributed by atoms with E-state index >= 15 is 0 Å². The number of rotatable bonds is 0. The fourth-order valence-corrected chi connectivity index (χ4v) is 0. The van der Waals surface area contributed by atoms with Crippen LogP contribution in [0.2, 0.25) is 0 Å². The van der Waals surface area contributed by atoms with Crippen LogP contribution in [0.5, 0.6) is 0 Å². The summed E-state index contributed by atoms with van der Waals surface area (Å²) in [5.74, 6) is 0. The summed E-state index contributed by atoms with van der Waals surface area (Å²) in [6.45, 7) is 0. The van der Waals surface area contributed by atoms with Gasteiger partial charge in [-0.1, -0.05) is 0 Å². The SMILES string of the molecule is Cl.Cl.Cl.Cl.Cl.Cl.Cl.Cl.Cl.Cl.Cl.Cl.Cl.Cl.Cl.Cl.Cl.Cl.Cl.Cl.Cl.Cl.Cl.Cl.Cl.Cl.Cl.Cl.Cl.Cl.Cl.Cl.Cl.Cl.Cl.Cl.Cl.Cl.Cl.Cl.Cl.Cl.Cl.Cl.Cl.Cl.Cl.Cl.Cl.Cl.Cl.Cl.Cl.Cl.Cl.Cl.Cl.Cl.Cl.Cl.Cl.Cl.Cl.Cl.Cl.Cl.Cl.Cl.Cl.Cl.Cl.Cl.Cl.Cl.Cl.Cl.Cl.Cl.Cl.Cl.[Ag+].[Ag+].[Ag+].[Ag+].[Ag+].[Ag+].[Ag+].[Ag+].[Ag+].[Ag+].[Cl-].[Cl-].[Cl-].[Cl-].[Cl-].[Cl-].[Cl-].[Cl-].[Cl-].[Cl-]. The van der Waals surface area contributed by atoms with Crippen molar-refractivity contribution in [1.29, 1.82) is 0 Å². The Bertz CT molecular complexity index is 46.9. The molecule has 0 N–H and O–H groups in total. The Labute approximate surface area is 1310 Å². The molecule has 0 fully saturated rings. The molecule has 0 aromatic rings. The minimum atomic E-state index is 0. The van der Waals surface area contributed by atoms with Crippen LogP contribution >= 0.6 is 993 Å². The van der Waals surface area contributed by atoms with Gasteiger partial charge in [-0.25, -0.2) is 0 Å². The van der Waals surface area contributed by atoms with E-state index in [0.29, 0.717) is 0 Å². The molecule has 100 heteroatoms.